The third-order valence-electron chi connectivity index (χ3n) is 7.46. The molecule has 0 spiro atoms. The van der Waals surface area contributed by atoms with E-state index in [-0.39, 0.29) is 5.91 Å². The van der Waals surface area contributed by atoms with Gasteiger partial charge in [-0.2, -0.15) is 5.10 Å². The van der Waals surface area contributed by atoms with Crippen molar-refractivity contribution in [2.75, 3.05) is 48.8 Å². The number of nitrogens with one attached hydrogen (secondary N) is 2. The van der Waals surface area contributed by atoms with Crippen LogP contribution in [0.2, 0.25) is 0 Å². The number of benzene rings is 1. The summed E-state index contributed by atoms with van der Waals surface area (Å²) < 4.78 is 1.61. The minimum Gasteiger partial charge on any atom is -0.354 e. The molecule has 1 atom stereocenters. The van der Waals surface area contributed by atoms with E-state index < -0.39 is 0 Å². The van der Waals surface area contributed by atoms with E-state index >= 15 is 0 Å². The summed E-state index contributed by atoms with van der Waals surface area (Å²) in [6.45, 7) is 7.31. The molecule has 0 unspecified atom stereocenters. The van der Waals surface area contributed by atoms with Gasteiger partial charge in [-0.15, -0.1) is 0 Å². The predicted molar refractivity (Wildman–Crippen MR) is 141 cm³/mol. The van der Waals surface area contributed by atoms with Crippen LogP contribution in [0.15, 0.2) is 47.8 Å². The maximum atomic E-state index is 13.2. The number of hydrogen-bond acceptors (Lipinski definition) is 9. The number of amides is 1. The fourth-order valence-corrected chi connectivity index (χ4v) is 4.91. The van der Waals surface area contributed by atoms with Crippen molar-refractivity contribution in [3.05, 3.63) is 47.8 Å². The number of piperazine rings is 1. The molecule has 0 saturated carbocycles. The van der Waals surface area contributed by atoms with Gasteiger partial charge in [0, 0.05) is 61.3 Å². The molecule has 0 bridgehead atoms. The highest BCUT2D eigenvalue weighted by atomic mass is 16.1. The van der Waals surface area contributed by atoms with Crippen molar-refractivity contribution in [3.8, 4) is 11.3 Å². The summed E-state index contributed by atoms with van der Waals surface area (Å²) in [5.41, 5.74) is 4.80. The minimum absolute atomic E-state index is 0.190. The monoisotopic (exact) mass is 499 g/mol. The van der Waals surface area contributed by atoms with E-state index in [9.17, 15) is 4.79 Å². The first-order chi connectivity index (χ1) is 17.9. The van der Waals surface area contributed by atoms with Gasteiger partial charge in [0.25, 0.3) is 5.91 Å². The molecular formula is C25H29N11O. The molecule has 1 aromatic carbocycles. The van der Waals surface area contributed by atoms with Crippen LogP contribution >= 0.6 is 0 Å². The van der Waals surface area contributed by atoms with Gasteiger partial charge in [0.1, 0.15) is 11.5 Å². The third kappa shape index (κ3) is 4.08. The zero-order valence-electron chi connectivity index (χ0n) is 21.3. The maximum absolute atomic E-state index is 13.2. The van der Waals surface area contributed by atoms with Crippen molar-refractivity contribution in [1.29, 1.82) is 0 Å². The van der Waals surface area contributed by atoms with Crippen LogP contribution in [0.4, 0.5) is 17.5 Å². The minimum atomic E-state index is -0.190. The number of H-pyrrole nitrogens is 1. The number of aromatic nitrogens is 7. The number of nitrogens with zero attached hydrogens (tertiary/aromatic N) is 9. The largest absolute Gasteiger partial charge is 0.354 e. The molecule has 2 aliphatic heterocycles. The van der Waals surface area contributed by atoms with Gasteiger partial charge in [-0.05, 0) is 61.7 Å². The zero-order chi connectivity index (χ0) is 25.7. The molecular weight excluding hydrogens is 470 g/mol. The van der Waals surface area contributed by atoms with Crippen LogP contribution in [0.3, 0.4) is 0 Å². The standard InChI is InChI=1S/C25H29N11O/c1-15-13-35(10-9-33(15)3)22-11-17(7-8-26-22)23-19-12-18(5-6-21(19)28-29-23)27-24(37)20-14-36-25(30-31-32-36)34(4)16(20)2/h5-8,11-12,15H,9-10,13-14H2,1-4H3,(H,27,37)(H,28,29)/t15-/m0/s1. The second kappa shape index (κ2) is 8.96. The number of carbonyl (C=O) groups is 1. The van der Waals surface area contributed by atoms with Gasteiger partial charge in [0.15, 0.2) is 0 Å². The van der Waals surface area contributed by atoms with E-state index in [2.05, 4.69) is 65.9 Å². The summed E-state index contributed by atoms with van der Waals surface area (Å²) in [5, 5.41) is 23.4. The van der Waals surface area contributed by atoms with Crippen LogP contribution in [0, 0.1) is 0 Å². The Morgan fingerprint density at radius 1 is 1.16 bits per heavy atom. The normalized spacial score (nSPS) is 18.4. The summed E-state index contributed by atoms with van der Waals surface area (Å²) >= 11 is 0. The highest BCUT2D eigenvalue weighted by molar-refractivity contribution is 6.06. The van der Waals surface area contributed by atoms with Crippen LogP contribution in [0.5, 0.6) is 0 Å². The molecule has 1 fully saturated rings. The van der Waals surface area contributed by atoms with E-state index in [0.29, 0.717) is 29.8 Å². The number of aromatic amines is 1. The number of hydrogen-bond donors (Lipinski definition) is 2. The molecule has 1 saturated heterocycles. The number of fused-ring (bicyclic) bond motifs is 2. The van der Waals surface area contributed by atoms with Crippen molar-refractivity contribution in [2.24, 2.45) is 0 Å². The van der Waals surface area contributed by atoms with Gasteiger partial charge in [-0.1, -0.05) is 5.10 Å². The van der Waals surface area contributed by atoms with E-state index in [1.165, 1.54) is 0 Å². The molecule has 4 aromatic rings. The Hall–Kier alpha value is -4.32. The number of pyridine rings is 1. The fraction of sp³-hybridized carbons (Fsp3) is 0.360. The molecule has 12 nitrogen and oxygen atoms in total. The Morgan fingerprint density at radius 2 is 2.03 bits per heavy atom. The number of carbonyl (C=O) groups excluding carboxylic acids is 1. The van der Waals surface area contributed by atoms with Crippen molar-refractivity contribution >= 4 is 34.3 Å². The Morgan fingerprint density at radius 3 is 2.86 bits per heavy atom. The van der Waals surface area contributed by atoms with Crippen LogP contribution < -0.4 is 15.1 Å². The van der Waals surface area contributed by atoms with Gasteiger partial charge in [-0.25, -0.2) is 9.67 Å². The maximum Gasteiger partial charge on any atom is 0.255 e. The second-order valence-corrected chi connectivity index (χ2v) is 9.72. The summed E-state index contributed by atoms with van der Waals surface area (Å²) in [6, 6.07) is 10.3. The highest BCUT2D eigenvalue weighted by Crippen LogP contribution is 2.31. The molecule has 6 rings (SSSR count). The van der Waals surface area contributed by atoms with Crippen molar-refractivity contribution in [3.63, 3.8) is 0 Å². The molecule has 2 aliphatic rings. The first-order valence-corrected chi connectivity index (χ1v) is 12.3. The molecule has 1 amide bonds. The summed E-state index contributed by atoms with van der Waals surface area (Å²) in [7, 11) is 4.01. The van der Waals surface area contributed by atoms with E-state index in [1.54, 1.807) is 4.68 Å². The average molecular weight is 500 g/mol. The quantitative estimate of drug-likeness (QED) is 0.434. The van der Waals surface area contributed by atoms with Crippen molar-refractivity contribution in [2.45, 2.75) is 26.4 Å². The molecule has 190 valence electrons. The first kappa shape index (κ1) is 23.1. The van der Waals surface area contributed by atoms with Crippen LogP contribution in [0.25, 0.3) is 22.2 Å². The fourth-order valence-electron chi connectivity index (χ4n) is 4.91. The lowest BCUT2D eigenvalue weighted by molar-refractivity contribution is -0.113. The number of anilines is 3. The average Bonchev–Trinajstić information content (AvgIpc) is 3.55. The Balaban J connectivity index is 1.27. The molecule has 0 aliphatic carbocycles. The summed E-state index contributed by atoms with van der Waals surface area (Å²) in [4.78, 5) is 24.4. The SMILES string of the molecule is CC1=C(C(=O)Nc2ccc3[nH]nc(-c4ccnc(N5CCN(C)[C@@H](C)C5)c4)c3c2)Cn2nnnc2N1C. The summed E-state index contributed by atoms with van der Waals surface area (Å²) in [6.07, 6.45) is 1.84. The third-order valence-corrected chi connectivity index (χ3v) is 7.46. The van der Waals surface area contributed by atoms with Crippen LogP contribution in [-0.4, -0.2) is 86.0 Å². The number of allylic oxidation sites excluding steroid dienone is 1. The smallest absolute Gasteiger partial charge is 0.255 e. The van der Waals surface area contributed by atoms with Gasteiger partial charge in [0.05, 0.1) is 17.6 Å². The molecule has 5 heterocycles. The number of likely N-dealkylation sites (N-methyl/N-ethyl adjacent to an activating group) is 1. The molecule has 2 N–H and O–H groups in total. The second-order valence-electron chi connectivity index (χ2n) is 9.72. The topological polar surface area (TPSA) is 124 Å². The first-order valence-electron chi connectivity index (χ1n) is 12.3. The summed E-state index contributed by atoms with van der Waals surface area (Å²) in [5.74, 6) is 1.37. The van der Waals surface area contributed by atoms with Crippen LogP contribution in [-0.2, 0) is 11.3 Å². The van der Waals surface area contributed by atoms with Crippen LogP contribution in [0.1, 0.15) is 13.8 Å². The Bertz CT molecular complexity index is 1520. The lowest BCUT2D eigenvalue weighted by Gasteiger charge is -2.38. The van der Waals surface area contributed by atoms with Crippen molar-refractivity contribution in [1.82, 2.24) is 40.3 Å². The molecule has 0 radical (unpaired) electrons. The lowest BCUT2D eigenvalue weighted by Crippen LogP contribution is -2.50. The lowest BCUT2D eigenvalue weighted by atomic mass is 10.1. The Labute approximate surface area is 213 Å². The van der Waals surface area contributed by atoms with Gasteiger partial charge >= 0.3 is 0 Å². The van der Waals surface area contributed by atoms with Crippen molar-refractivity contribution < 1.29 is 4.79 Å². The molecule has 12 heteroatoms. The van der Waals surface area contributed by atoms with Gasteiger partial charge in [0.2, 0.25) is 5.95 Å². The number of tetrazole rings is 1. The van der Waals surface area contributed by atoms with E-state index in [1.807, 2.05) is 49.3 Å². The van der Waals surface area contributed by atoms with Gasteiger partial charge in [-0.3, -0.25) is 9.89 Å². The Kier molecular flexibility index (Phi) is 5.60. The zero-order valence-corrected chi connectivity index (χ0v) is 21.3. The molecule has 3 aromatic heterocycles. The molecule has 37 heavy (non-hydrogen) atoms. The predicted octanol–water partition coefficient (Wildman–Crippen LogP) is 2.11. The van der Waals surface area contributed by atoms with E-state index in [4.69, 9.17) is 0 Å². The van der Waals surface area contributed by atoms with Gasteiger partial charge < -0.3 is 20.0 Å². The highest BCUT2D eigenvalue weighted by Gasteiger charge is 2.27. The van der Waals surface area contributed by atoms with E-state index in [0.717, 1.165) is 53.3 Å². The number of rotatable bonds is 4.